The average Bonchev–Trinajstić information content (AvgIpc) is 2.85. The average molecular weight is 310 g/mol. The first-order valence-corrected chi connectivity index (χ1v) is 8.03. The van der Waals surface area contributed by atoms with E-state index >= 15 is 0 Å². The lowest BCUT2D eigenvalue weighted by atomic mass is 10.3. The number of nitrogens with two attached hydrogens (primary N) is 1. The first kappa shape index (κ1) is 15.3. The van der Waals surface area contributed by atoms with Crippen LogP contribution in [-0.4, -0.2) is 30.6 Å². The van der Waals surface area contributed by atoms with Crippen LogP contribution in [0.2, 0.25) is 0 Å². The highest BCUT2D eigenvalue weighted by atomic mass is 32.2. The minimum Gasteiger partial charge on any atom is -0.492 e. The summed E-state index contributed by atoms with van der Waals surface area (Å²) in [7, 11) is -1.61. The maximum absolute atomic E-state index is 11.8. The maximum Gasteiger partial charge on any atom is 0.215 e. The zero-order valence-corrected chi connectivity index (χ0v) is 12.5. The molecule has 114 valence electrons. The number of anilines is 1. The Kier molecular flexibility index (Phi) is 4.81. The van der Waals surface area contributed by atoms with Crippen molar-refractivity contribution in [3.8, 4) is 5.75 Å². The van der Waals surface area contributed by atoms with Crippen LogP contribution in [0.5, 0.6) is 5.75 Å². The van der Waals surface area contributed by atoms with Crippen LogP contribution in [0.4, 0.5) is 5.69 Å². The lowest BCUT2D eigenvalue weighted by Gasteiger charge is -2.08. The summed E-state index contributed by atoms with van der Waals surface area (Å²) in [5, 5.41) is 3.97. The van der Waals surface area contributed by atoms with Crippen LogP contribution < -0.4 is 15.2 Å². The van der Waals surface area contributed by atoms with Crippen LogP contribution >= 0.6 is 0 Å². The van der Waals surface area contributed by atoms with Crippen LogP contribution in [0.25, 0.3) is 0 Å². The zero-order chi connectivity index (χ0) is 15.3. The van der Waals surface area contributed by atoms with Crippen LogP contribution in [0.3, 0.4) is 0 Å². The predicted molar refractivity (Wildman–Crippen MR) is 80.2 cm³/mol. The van der Waals surface area contributed by atoms with Crippen molar-refractivity contribution in [1.82, 2.24) is 14.5 Å². The second-order valence-corrected chi connectivity index (χ2v) is 6.51. The molecule has 0 bridgehead atoms. The third-order valence-electron chi connectivity index (χ3n) is 2.76. The number of aryl methyl sites for hydroxylation is 1. The van der Waals surface area contributed by atoms with E-state index in [1.807, 2.05) is 0 Å². The standard InChI is InChI=1S/C13H18N4O3S/c1-17-10-11(8-15-17)9-16-21(18,19)7-6-20-13-4-2-12(14)3-5-13/h2-5,8,10,16H,6-7,9,14H2,1H3. The minimum atomic E-state index is -3.39. The fourth-order valence-electron chi connectivity index (χ4n) is 1.66. The highest BCUT2D eigenvalue weighted by Gasteiger charge is 2.10. The van der Waals surface area contributed by atoms with Crippen molar-refractivity contribution in [2.24, 2.45) is 7.05 Å². The molecule has 3 N–H and O–H groups in total. The van der Waals surface area contributed by atoms with Gasteiger partial charge in [-0.15, -0.1) is 0 Å². The summed E-state index contributed by atoms with van der Waals surface area (Å²) in [4.78, 5) is 0. The van der Waals surface area contributed by atoms with Gasteiger partial charge in [0.2, 0.25) is 10.0 Å². The fourth-order valence-corrected chi connectivity index (χ4v) is 2.50. The maximum atomic E-state index is 11.8. The molecule has 0 spiro atoms. The first-order chi connectivity index (χ1) is 9.94. The topological polar surface area (TPSA) is 99.2 Å². The molecule has 2 aromatic rings. The van der Waals surface area contributed by atoms with Gasteiger partial charge in [-0.1, -0.05) is 0 Å². The van der Waals surface area contributed by atoms with Crippen LogP contribution in [0.1, 0.15) is 5.56 Å². The molecule has 7 nitrogen and oxygen atoms in total. The Hall–Kier alpha value is -2.06. The lowest BCUT2D eigenvalue weighted by molar-refractivity contribution is 0.340. The molecule has 2 rings (SSSR count). The second kappa shape index (κ2) is 6.59. The fraction of sp³-hybridized carbons (Fsp3) is 0.308. The normalized spacial score (nSPS) is 11.5. The van der Waals surface area contributed by atoms with Gasteiger partial charge < -0.3 is 10.5 Å². The first-order valence-electron chi connectivity index (χ1n) is 6.38. The molecule has 8 heteroatoms. The number of nitrogen functional groups attached to an aromatic ring is 1. The van der Waals surface area contributed by atoms with Gasteiger partial charge in [-0.3, -0.25) is 4.68 Å². The van der Waals surface area contributed by atoms with Crippen LogP contribution in [0.15, 0.2) is 36.7 Å². The van der Waals surface area contributed by atoms with Crippen LogP contribution in [-0.2, 0) is 23.6 Å². The summed E-state index contributed by atoms with van der Waals surface area (Å²) in [5.41, 5.74) is 6.99. The number of benzene rings is 1. The second-order valence-electron chi connectivity index (χ2n) is 4.58. The summed E-state index contributed by atoms with van der Waals surface area (Å²) >= 11 is 0. The van der Waals surface area contributed by atoms with Gasteiger partial charge in [-0.05, 0) is 24.3 Å². The molecule has 0 aliphatic carbocycles. The summed E-state index contributed by atoms with van der Waals surface area (Å²) in [6.45, 7) is 0.296. The van der Waals surface area contributed by atoms with Gasteiger partial charge in [0.25, 0.3) is 0 Å². The largest absolute Gasteiger partial charge is 0.492 e. The molecule has 1 aromatic heterocycles. The van der Waals surface area contributed by atoms with E-state index in [4.69, 9.17) is 10.5 Å². The zero-order valence-electron chi connectivity index (χ0n) is 11.7. The number of hydrogen-bond acceptors (Lipinski definition) is 5. The Morgan fingerprint density at radius 3 is 2.67 bits per heavy atom. The Balaban J connectivity index is 1.77. The van der Waals surface area contributed by atoms with Crippen molar-refractivity contribution in [1.29, 1.82) is 0 Å². The van der Waals surface area contributed by atoms with Gasteiger partial charge in [0, 0.05) is 31.0 Å². The van der Waals surface area contributed by atoms with Gasteiger partial charge in [0.15, 0.2) is 0 Å². The number of aromatic nitrogens is 2. The van der Waals surface area contributed by atoms with E-state index in [0.29, 0.717) is 11.4 Å². The van der Waals surface area contributed by atoms with Gasteiger partial charge in [-0.25, -0.2) is 13.1 Å². The predicted octanol–water partition coefficient (Wildman–Crippen LogP) is 0.501. The van der Waals surface area contributed by atoms with E-state index in [1.165, 1.54) is 0 Å². The van der Waals surface area contributed by atoms with E-state index in [9.17, 15) is 8.42 Å². The van der Waals surface area contributed by atoms with E-state index < -0.39 is 10.0 Å². The van der Waals surface area contributed by atoms with Crippen molar-refractivity contribution in [2.75, 3.05) is 18.1 Å². The molecule has 21 heavy (non-hydrogen) atoms. The van der Waals surface area contributed by atoms with Gasteiger partial charge in [0.1, 0.15) is 12.4 Å². The van der Waals surface area contributed by atoms with Crippen LogP contribution in [0, 0.1) is 0 Å². The Bertz CT molecular complexity index is 680. The molecular weight excluding hydrogens is 292 g/mol. The van der Waals surface area contributed by atoms with Crippen molar-refractivity contribution in [2.45, 2.75) is 6.54 Å². The lowest BCUT2D eigenvalue weighted by Crippen LogP contribution is -2.28. The summed E-state index contributed by atoms with van der Waals surface area (Å²) in [6, 6.07) is 6.80. The molecule has 1 aromatic carbocycles. The van der Waals surface area contributed by atoms with Crippen molar-refractivity contribution >= 4 is 15.7 Å². The summed E-state index contributed by atoms with van der Waals surface area (Å²) < 4.78 is 33.1. The highest BCUT2D eigenvalue weighted by Crippen LogP contribution is 2.12. The van der Waals surface area contributed by atoms with E-state index in [-0.39, 0.29) is 18.9 Å². The smallest absolute Gasteiger partial charge is 0.215 e. The molecule has 0 atom stereocenters. The molecular formula is C13H18N4O3S. The SMILES string of the molecule is Cn1cc(CNS(=O)(=O)CCOc2ccc(N)cc2)cn1. The Morgan fingerprint density at radius 2 is 2.05 bits per heavy atom. The molecule has 0 amide bonds. The molecule has 0 aliphatic rings. The van der Waals surface area contributed by atoms with E-state index in [1.54, 1.807) is 48.4 Å². The number of nitrogens with zero attached hydrogens (tertiary/aromatic N) is 2. The van der Waals surface area contributed by atoms with Crippen molar-refractivity contribution in [3.63, 3.8) is 0 Å². The minimum absolute atomic E-state index is 0.0757. The Labute approximate surface area is 123 Å². The number of sulfonamides is 1. The van der Waals surface area contributed by atoms with Gasteiger partial charge in [0.05, 0.1) is 11.9 Å². The number of ether oxygens (including phenoxy) is 1. The number of nitrogens with one attached hydrogen (secondary N) is 1. The van der Waals surface area contributed by atoms with Crippen molar-refractivity contribution < 1.29 is 13.2 Å². The van der Waals surface area contributed by atoms with Gasteiger partial charge in [-0.2, -0.15) is 5.10 Å². The van der Waals surface area contributed by atoms with E-state index in [0.717, 1.165) is 5.56 Å². The summed E-state index contributed by atoms with van der Waals surface area (Å²) in [5.74, 6) is 0.476. The highest BCUT2D eigenvalue weighted by molar-refractivity contribution is 7.89. The molecule has 1 heterocycles. The number of hydrogen-bond donors (Lipinski definition) is 2. The molecule has 0 aliphatic heterocycles. The molecule has 0 saturated heterocycles. The van der Waals surface area contributed by atoms with E-state index in [2.05, 4.69) is 9.82 Å². The van der Waals surface area contributed by atoms with Crippen molar-refractivity contribution in [3.05, 3.63) is 42.2 Å². The van der Waals surface area contributed by atoms with Gasteiger partial charge >= 0.3 is 0 Å². The molecule has 0 unspecified atom stereocenters. The third kappa shape index (κ3) is 5.09. The monoisotopic (exact) mass is 310 g/mol. The molecule has 0 radical (unpaired) electrons. The quantitative estimate of drug-likeness (QED) is 0.726. The molecule has 0 fully saturated rings. The number of rotatable bonds is 7. The molecule has 0 saturated carbocycles. The third-order valence-corrected chi connectivity index (χ3v) is 4.04. The Morgan fingerprint density at radius 1 is 1.33 bits per heavy atom. The summed E-state index contributed by atoms with van der Waals surface area (Å²) in [6.07, 6.45) is 3.38.